The molecule has 3 heteroatoms. The topological polar surface area (TPSA) is 34.4 Å². The van der Waals surface area contributed by atoms with E-state index in [1.165, 1.54) is 32.1 Å². The van der Waals surface area contributed by atoms with Crippen molar-refractivity contribution in [2.45, 2.75) is 51.2 Å². The molecule has 0 saturated heterocycles. The highest BCUT2D eigenvalue weighted by Gasteiger charge is 2.19. The minimum absolute atomic E-state index is 0.143. The molecule has 1 fully saturated rings. The van der Waals surface area contributed by atoms with Gasteiger partial charge in [0.2, 0.25) is 0 Å². The summed E-state index contributed by atoms with van der Waals surface area (Å²) in [7, 11) is 0. The molecule has 0 radical (unpaired) electrons. The summed E-state index contributed by atoms with van der Waals surface area (Å²) in [5.74, 6) is 0.980. The third-order valence-corrected chi connectivity index (χ3v) is 4.29. The SMILES string of the molecule is CCNC(COC1CCCCC1)c1cc2ccccc2o1. The molecule has 3 rings (SSSR count). The zero-order valence-electron chi connectivity index (χ0n) is 12.8. The number of nitrogens with one attached hydrogen (secondary N) is 1. The molecule has 114 valence electrons. The van der Waals surface area contributed by atoms with E-state index < -0.39 is 0 Å². The van der Waals surface area contributed by atoms with Gasteiger partial charge in [-0.15, -0.1) is 0 Å². The second kappa shape index (κ2) is 7.10. The maximum absolute atomic E-state index is 6.13. The second-order valence-corrected chi connectivity index (χ2v) is 5.89. The van der Waals surface area contributed by atoms with E-state index in [-0.39, 0.29) is 6.04 Å². The lowest BCUT2D eigenvalue weighted by Crippen LogP contribution is -2.28. The molecule has 0 amide bonds. The van der Waals surface area contributed by atoms with Crippen molar-refractivity contribution in [1.82, 2.24) is 5.32 Å². The lowest BCUT2D eigenvalue weighted by molar-refractivity contribution is 0.0131. The van der Waals surface area contributed by atoms with E-state index in [4.69, 9.17) is 9.15 Å². The van der Waals surface area contributed by atoms with Gasteiger partial charge in [-0.3, -0.25) is 0 Å². The summed E-state index contributed by atoms with van der Waals surface area (Å²) in [6.07, 6.45) is 6.82. The maximum atomic E-state index is 6.13. The highest BCUT2D eigenvalue weighted by molar-refractivity contribution is 5.77. The van der Waals surface area contributed by atoms with Gasteiger partial charge in [0.15, 0.2) is 0 Å². The van der Waals surface area contributed by atoms with E-state index in [2.05, 4.69) is 24.4 Å². The molecule has 1 atom stereocenters. The number of hydrogen-bond acceptors (Lipinski definition) is 3. The number of rotatable bonds is 6. The molecular formula is C18H25NO2. The molecular weight excluding hydrogens is 262 g/mol. The van der Waals surface area contributed by atoms with E-state index in [9.17, 15) is 0 Å². The fourth-order valence-electron chi connectivity index (χ4n) is 3.13. The molecule has 0 aliphatic heterocycles. The van der Waals surface area contributed by atoms with E-state index >= 15 is 0 Å². The molecule has 1 heterocycles. The minimum atomic E-state index is 0.143. The smallest absolute Gasteiger partial charge is 0.134 e. The number of furan rings is 1. The first-order chi connectivity index (χ1) is 10.4. The van der Waals surface area contributed by atoms with Crippen LogP contribution in [0.3, 0.4) is 0 Å². The van der Waals surface area contributed by atoms with Crippen LogP contribution in [0.1, 0.15) is 50.8 Å². The predicted octanol–water partition coefficient (Wildman–Crippen LogP) is 4.43. The van der Waals surface area contributed by atoms with E-state index in [1.807, 2.05) is 18.2 Å². The highest BCUT2D eigenvalue weighted by Crippen LogP contribution is 2.26. The van der Waals surface area contributed by atoms with Crippen molar-refractivity contribution in [2.24, 2.45) is 0 Å². The Labute approximate surface area is 126 Å². The van der Waals surface area contributed by atoms with Crippen LogP contribution >= 0.6 is 0 Å². The maximum Gasteiger partial charge on any atom is 0.134 e. The van der Waals surface area contributed by atoms with Crippen molar-refractivity contribution < 1.29 is 9.15 Å². The number of para-hydroxylation sites is 1. The van der Waals surface area contributed by atoms with Gasteiger partial charge in [-0.25, -0.2) is 0 Å². The molecule has 1 aromatic carbocycles. The molecule has 1 unspecified atom stereocenters. The van der Waals surface area contributed by atoms with Crippen LogP contribution in [0.2, 0.25) is 0 Å². The predicted molar refractivity (Wildman–Crippen MR) is 85.5 cm³/mol. The van der Waals surface area contributed by atoms with Crippen LogP contribution in [0.15, 0.2) is 34.7 Å². The summed E-state index contributed by atoms with van der Waals surface area (Å²) in [4.78, 5) is 0. The van der Waals surface area contributed by atoms with Gasteiger partial charge in [0.1, 0.15) is 11.3 Å². The Kier molecular flexibility index (Phi) is 4.94. The largest absolute Gasteiger partial charge is 0.459 e. The monoisotopic (exact) mass is 287 g/mol. The van der Waals surface area contributed by atoms with E-state index in [0.717, 1.165) is 23.3 Å². The van der Waals surface area contributed by atoms with Crippen molar-refractivity contribution in [2.75, 3.05) is 13.2 Å². The zero-order chi connectivity index (χ0) is 14.5. The Morgan fingerprint density at radius 1 is 1.24 bits per heavy atom. The van der Waals surface area contributed by atoms with Gasteiger partial charge in [0, 0.05) is 5.39 Å². The Hall–Kier alpha value is -1.32. The van der Waals surface area contributed by atoms with Crippen molar-refractivity contribution in [3.63, 3.8) is 0 Å². The van der Waals surface area contributed by atoms with Gasteiger partial charge in [0.25, 0.3) is 0 Å². The van der Waals surface area contributed by atoms with E-state index in [1.54, 1.807) is 0 Å². The highest BCUT2D eigenvalue weighted by atomic mass is 16.5. The average molecular weight is 287 g/mol. The molecule has 0 bridgehead atoms. The van der Waals surface area contributed by atoms with Gasteiger partial charge in [-0.1, -0.05) is 44.4 Å². The summed E-state index contributed by atoms with van der Waals surface area (Å²) in [6.45, 7) is 3.73. The van der Waals surface area contributed by atoms with Crippen LogP contribution in [0, 0.1) is 0 Å². The van der Waals surface area contributed by atoms with Crippen molar-refractivity contribution in [3.8, 4) is 0 Å². The third-order valence-electron chi connectivity index (χ3n) is 4.29. The normalized spacial score (nSPS) is 18.1. The van der Waals surface area contributed by atoms with Gasteiger partial charge in [-0.2, -0.15) is 0 Å². The standard InChI is InChI=1S/C18H25NO2/c1-2-19-16(13-20-15-9-4-3-5-10-15)18-12-14-8-6-7-11-17(14)21-18/h6-8,11-12,15-16,19H,2-5,9-10,13H2,1H3. The number of likely N-dealkylation sites (N-methyl/N-ethyl adjacent to an activating group) is 1. The Morgan fingerprint density at radius 2 is 2.05 bits per heavy atom. The Morgan fingerprint density at radius 3 is 2.81 bits per heavy atom. The van der Waals surface area contributed by atoms with Crippen molar-refractivity contribution in [1.29, 1.82) is 0 Å². The van der Waals surface area contributed by atoms with Crippen LogP contribution < -0.4 is 5.32 Å². The van der Waals surface area contributed by atoms with Crippen LogP contribution in [0.5, 0.6) is 0 Å². The molecule has 21 heavy (non-hydrogen) atoms. The molecule has 1 aromatic heterocycles. The second-order valence-electron chi connectivity index (χ2n) is 5.89. The number of hydrogen-bond donors (Lipinski definition) is 1. The Balaban J connectivity index is 1.67. The first kappa shape index (κ1) is 14.6. The van der Waals surface area contributed by atoms with Gasteiger partial charge in [-0.05, 0) is 31.5 Å². The molecule has 3 nitrogen and oxygen atoms in total. The number of benzene rings is 1. The summed E-state index contributed by atoms with van der Waals surface area (Å²) in [6, 6.07) is 10.4. The number of fused-ring (bicyclic) bond motifs is 1. The average Bonchev–Trinajstić information content (AvgIpc) is 2.96. The van der Waals surface area contributed by atoms with Crippen molar-refractivity contribution in [3.05, 3.63) is 36.1 Å². The van der Waals surface area contributed by atoms with E-state index in [0.29, 0.717) is 12.7 Å². The fraction of sp³-hybridized carbons (Fsp3) is 0.556. The fourth-order valence-corrected chi connectivity index (χ4v) is 3.13. The molecule has 1 aliphatic rings. The van der Waals surface area contributed by atoms with Crippen LogP contribution in [-0.4, -0.2) is 19.3 Å². The number of ether oxygens (including phenoxy) is 1. The first-order valence-electron chi connectivity index (χ1n) is 8.20. The first-order valence-corrected chi connectivity index (χ1v) is 8.20. The lowest BCUT2D eigenvalue weighted by atomic mass is 9.98. The van der Waals surface area contributed by atoms with Crippen LogP contribution in [-0.2, 0) is 4.74 Å². The molecule has 1 N–H and O–H groups in total. The molecule has 1 aliphatic carbocycles. The Bertz CT molecular complexity index is 524. The van der Waals surface area contributed by atoms with Gasteiger partial charge < -0.3 is 14.5 Å². The van der Waals surface area contributed by atoms with Crippen LogP contribution in [0.25, 0.3) is 11.0 Å². The zero-order valence-corrected chi connectivity index (χ0v) is 12.8. The molecule has 2 aromatic rings. The minimum Gasteiger partial charge on any atom is -0.459 e. The third kappa shape index (κ3) is 3.66. The summed E-state index contributed by atoms with van der Waals surface area (Å²) < 4.78 is 12.1. The molecule has 0 spiro atoms. The summed E-state index contributed by atoms with van der Waals surface area (Å²) in [5.41, 5.74) is 0.952. The quantitative estimate of drug-likeness (QED) is 0.853. The van der Waals surface area contributed by atoms with Gasteiger partial charge >= 0.3 is 0 Å². The van der Waals surface area contributed by atoms with Gasteiger partial charge in [0.05, 0.1) is 18.8 Å². The molecule has 1 saturated carbocycles. The summed E-state index contributed by atoms with van der Waals surface area (Å²) >= 11 is 0. The summed E-state index contributed by atoms with van der Waals surface area (Å²) in [5, 5.41) is 4.64. The lowest BCUT2D eigenvalue weighted by Gasteiger charge is -2.24. The van der Waals surface area contributed by atoms with Crippen LogP contribution in [0.4, 0.5) is 0 Å². The van der Waals surface area contributed by atoms with Crippen molar-refractivity contribution >= 4 is 11.0 Å².